The molecule has 0 aliphatic rings. The molecule has 0 aromatic heterocycles. The smallest absolute Gasteiger partial charge is 0.255 e. The van der Waals surface area contributed by atoms with Crippen LogP contribution >= 0.6 is 23.2 Å². The van der Waals surface area contributed by atoms with Crippen molar-refractivity contribution in [3.8, 4) is 28.0 Å². The molecule has 1 atom stereocenters. The molecule has 0 fully saturated rings. The van der Waals surface area contributed by atoms with Crippen molar-refractivity contribution < 1.29 is 19.1 Å². The van der Waals surface area contributed by atoms with Crippen molar-refractivity contribution >= 4 is 35.0 Å². The lowest BCUT2D eigenvalue weighted by Gasteiger charge is -2.20. The summed E-state index contributed by atoms with van der Waals surface area (Å²) in [6.45, 7) is 0.353. The predicted molar refractivity (Wildman–Crippen MR) is 174 cm³/mol. The van der Waals surface area contributed by atoms with Crippen LogP contribution in [0, 0.1) is 5.82 Å². The van der Waals surface area contributed by atoms with E-state index in [1.165, 1.54) is 30.3 Å². The largest absolute Gasteiger partial charge is 0.507 e. The summed E-state index contributed by atoms with van der Waals surface area (Å²) < 4.78 is 13.7. The molecule has 3 N–H and O–H groups in total. The fourth-order valence-electron chi connectivity index (χ4n) is 4.82. The third kappa shape index (κ3) is 7.84. The molecule has 5 nitrogen and oxygen atoms in total. The number of phenols is 1. The number of benzene rings is 5. The maximum absolute atomic E-state index is 13.7. The minimum absolute atomic E-state index is 0.0265. The number of hydrogen-bond acceptors (Lipinski definition) is 3. The Morgan fingerprint density at radius 3 is 2.05 bits per heavy atom. The zero-order valence-electron chi connectivity index (χ0n) is 23.6. The summed E-state index contributed by atoms with van der Waals surface area (Å²) in [5, 5.41) is 16.9. The molecule has 0 radical (unpaired) electrons. The quantitative estimate of drug-likeness (QED) is 0.148. The molecule has 8 heteroatoms. The Balaban J connectivity index is 1.35. The minimum Gasteiger partial charge on any atom is -0.507 e. The summed E-state index contributed by atoms with van der Waals surface area (Å²) in [6.07, 6.45) is 0.806. The first kappa shape index (κ1) is 30.8. The van der Waals surface area contributed by atoms with E-state index >= 15 is 0 Å². The van der Waals surface area contributed by atoms with Gasteiger partial charge < -0.3 is 15.7 Å². The van der Waals surface area contributed by atoms with Crippen molar-refractivity contribution in [3.63, 3.8) is 0 Å². The molecule has 5 aromatic rings. The van der Waals surface area contributed by atoms with Crippen LogP contribution in [0.15, 0.2) is 115 Å². The number of carbonyl (C=O) groups is 2. The van der Waals surface area contributed by atoms with Gasteiger partial charge in [-0.05, 0) is 76.2 Å². The molecule has 0 spiro atoms. The SMILES string of the molecule is O=C(NC(Cc1ccc(-c2ccccc2)cc1)C(=O)NCCc1ccc(Cl)cc1)c1cc(-c2ccc(F)c(Cl)c2)ccc1O. The van der Waals surface area contributed by atoms with Crippen molar-refractivity contribution in [2.24, 2.45) is 0 Å². The van der Waals surface area contributed by atoms with E-state index in [9.17, 15) is 19.1 Å². The number of hydrogen-bond donors (Lipinski definition) is 3. The average Bonchev–Trinajstić information content (AvgIpc) is 3.04. The molecular formula is C36H29Cl2FN2O3. The highest BCUT2D eigenvalue weighted by atomic mass is 35.5. The summed E-state index contributed by atoms with van der Waals surface area (Å²) >= 11 is 11.9. The standard InChI is InChI=1S/C36H29Cl2FN2O3/c37-29-14-8-23(9-15-29)18-19-40-36(44)33(20-24-6-10-26(11-7-24)25-4-2-1-3-5-25)41-35(43)30-21-27(13-17-34(30)42)28-12-16-32(39)31(38)22-28/h1-17,21-22,33,42H,18-20H2,(H,40,44)(H,41,43). The number of aromatic hydroxyl groups is 1. The third-order valence-electron chi connectivity index (χ3n) is 7.24. The predicted octanol–water partition coefficient (Wildman–Crippen LogP) is 7.87. The summed E-state index contributed by atoms with van der Waals surface area (Å²) in [5.74, 6) is -1.81. The van der Waals surface area contributed by atoms with Gasteiger partial charge in [0.15, 0.2) is 0 Å². The van der Waals surface area contributed by atoms with Gasteiger partial charge in [0.25, 0.3) is 5.91 Å². The maximum Gasteiger partial charge on any atom is 0.255 e. The molecule has 0 saturated carbocycles. The van der Waals surface area contributed by atoms with Gasteiger partial charge in [-0.25, -0.2) is 4.39 Å². The number of halogens is 3. The molecule has 0 aliphatic heterocycles. The Morgan fingerprint density at radius 2 is 1.34 bits per heavy atom. The van der Waals surface area contributed by atoms with Gasteiger partial charge in [-0.2, -0.15) is 0 Å². The van der Waals surface area contributed by atoms with Gasteiger partial charge in [-0.1, -0.05) is 102 Å². The zero-order chi connectivity index (χ0) is 31.1. The molecule has 0 aliphatic carbocycles. The van der Waals surface area contributed by atoms with Crippen LogP contribution in [-0.4, -0.2) is 29.5 Å². The monoisotopic (exact) mass is 626 g/mol. The zero-order valence-corrected chi connectivity index (χ0v) is 25.1. The Labute approximate surface area is 265 Å². The number of phenolic OH excluding ortho intramolecular Hbond substituents is 1. The lowest BCUT2D eigenvalue weighted by atomic mass is 9.99. The van der Waals surface area contributed by atoms with Crippen LogP contribution in [0.3, 0.4) is 0 Å². The summed E-state index contributed by atoms with van der Waals surface area (Å²) in [4.78, 5) is 26.9. The van der Waals surface area contributed by atoms with E-state index in [2.05, 4.69) is 10.6 Å². The van der Waals surface area contributed by atoms with Gasteiger partial charge in [0.1, 0.15) is 17.6 Å². The Morgan fingerprint density at radius 1 is 0.727 bits per heavy atom. The van der Waals surface area contributed by atoms with Crippen LogP contribution in [0.5, 0.6) is 5.75 Å². The Kier molecular flexibility index (Phi) is 9.95. The first-order chi connectivity index (χ1) is 21.3. The molecule has 5 aromatic carbocycles. The average molecular weight is 628 g/mol. The van der Waals surface area contributed by atoms with Crippen LogP contribution in [-0.2, 0) is 17.6 Å². The van der Waals surface area contributed by atoms with E-state index in [0.717, 1.165) is 22.3 Å². The van der Waals surface area contributed by atoms with Crippen LogP contribution in [0.2, 0.25) is 10.0 Å². The highest BCUT2D eigenvalue weighted by molar-refractivity contribution is 6.31. The van der Waals surface area contributed by atoms with Crippen LogP contribution in [0.25, 0.3) is 22.3 Å². The highest BCUT2D eigenvalue weighted by Crippen LogP contribution is 2.29. The molecule has 1 unspecified atom stereocenters. The van der Waals surface area contributed by atoms with E-state index in [4.69, 9.17) is 23.2 Å². The molecule has 0 bridgehead atoms. The summed E-state index contributed by atoms with van der Waals surface area (Å²) in [6, 6.07) is 32.9. The summed E-state index contributed by atoms with van der Waals surface area (Å²) in [7, 11) is 0. The molecule has 44 heavy (non-hydrogen) atoms. The van der Waals surface area contributed by atoms with Gasteiger partial charge in [-0.15, -0.1) is 0 Å². The summed E-state index contributed by atoms with van der Waals surface area (Å²) in [5.41, 5.74) is 5.06. The third-order valence-corrected chi connectivity index (χ3v) is 7.78. The topological polar surface area (TPSA) is 78.4 Å². The Hall–Kier alpha value is -4.65. The first-order valence-electron chi connectivity index (χ1n) is 14.0. The first-order valence-corrected chi connectivity index (χ1v) is 14.8. The van der Waals surface area contributed by atoms with Gasteiger partial charge in [0.05, 0.1) is 10.6 Å². The van der Waals surface area contributed by atoms with E-state index in [1.807, 2.05) is 66.7 Å². The van der Waals surface area contributed by atoms with Gasteiger partial charge >= 0.3 is 0 Å². The second-order valence-corrected chi connectivity index (χ2v) is 11.2. The van der Waals surface area contributed by atoms with Gasteiger partial charge in [-0.3, -0.25) is 9.59 Å². The number of rotatable bonds is 10. The van der Waals surface area contributed by atoms with Gasteiger partial charge in [0.2, 0.25) is 5.91 Å². The fraction of sp³-hybridized carbons (Fsp3) is 0.111. The van der Waals surface area contributed by atoms with E-state index < -0.39 is 17.8 Å². The molecule has 2 amide bonds. The van der Waals surface area contributed by atoms with Crippen molar-refractivity contribution in [2.45, 2.75) is 18.9 Å². The van der Waals surface area contributed by atoms with Crippen molar-refractivity contribution in [3.05, 3.63) is 148 Å². The molecule has 5 rings (SSSR count). The van der Waals surface area contributed by atoms with Crippen LogP contribution < -0.4 is 10.6 Å². The van der Waals surface area contributed by atoms with Crippen LogP contribution in [0.1, 0.15) is 21.5 Å². The van der Waals surface area contributed by atoms with E-state index in [-0.39, 0.29) is 28.7 Å². The maximum atomic E-state index is 13.7. The second kappa shape index (κ2) is 14.2. The van der Waals surface area contributed by atoms with E-state index in [0.29, 0.717) is 29.1 Å². The molecule has 0 heterocycles. The fourth-order valence-corrected chi connectivity index (χ4v) is 5.13. The number of nitrogens with one attached hydrogen (secondary N) is 2. The molecular weight excluding hydrogens is 598 g/mol. The van der Waals surface area contributed by atoms with Crippen molar-refractivity contribution in [2.75, 3.05) is 6.54 Å². The van der Waals surface area contributed by atoms with Crippen molar-refractivity contribution in [1.82, 2.24) is 10.6 Å². The Bertz CT molecular complexity index is 1760. The minimum atomic E-state index is -0.932. The molecule has 0 saturated heterocycles. The normalized spacial score (nSPS) is 11.5. The lowest BCUT2D eigenvalue weighted by molar-refractivity contribution is -0.122. The van der Waals surface area contributed by atoms with Crippen LogP contribution in [0.4, 0.5) is 4.39 Å². The van der Waals surface area contributed by atoms with E-state index in [1.54, 1.807) is 18.2 Å². The van der Waals surface area contributed by atoms with Crippen molar-refractivity contribution in [1.29, 1.82) is 0 Å². The lowest BCUT2D eigenvalue weighted by Crippen LogP contribution is -2.48. The molecule has 222 valence electrons. The number of amides is 2. The number of carbonyl (C=O) groups excluding carboxylic acids is 2. The second-order valence-electron chi connectivity index (χ2n) is 10.3. The highest BCUT2D eigenvalue weighted by Gasteiger charge is 2.24. The van der Waals surface area contributed by atoms with Gasteiger partial charge in [0, 0.05) is 18.0 Å².